The molecule has 0 saturated heterocycles. The van der Waals surface area contributed by atoms with Crippen LogP contribution in [0.5, 0.6) is 5.75 Å². The number of likely N-dealkylation sites (N-methyl/N-ethyl adjacent to an activating group) is 1. The molecule has 0 bridgehead atoms. The van der Waals surface area contributed by atoms with Crippen molar-refractivity contribution in [2.75, 3.05) is 17.7 Å². The maximum absolute atomic E-state index is 13.6. The third-order valence-corrected chi connectivity index (χ3v) is 6.19. The molecule has 0 fully saturated rings. The highest BCUT2D eigenvalue weighted by Crippen LogP contribution is 2.32. The minimum absolute atomic E-state index is 0.0885. The summed E-state index contributed by atoms with van der Waals surface area (Å²) in [4.78, 5) is 28.5. The van der Waals surface area contributed by atoms with Gasteiger partial charge in [-0.05, 0) is 37.7 Å². The highest BCUT2D eigenvalue weighted by molar-refractivity contribution is 6.21. The van der Waals surface area contributed by atoms with E-state index in [1.807, 2.05) is 37.3 Å². The quantitative estimate of drug-likeness (QED) is 0.306. The van der Waals surface area contributed by atoms with E-state index in [4.69, 9.17) is 21.2 Å². The van der Waals surface area contributed by atoms with Gasteiger partial charge in [-0.15, -0.1) is 0 Å². The number of hydrogen-bond acceptors (Lipinski definition) is 9. The number of aromatic hydroxyl groups is 1. The Kier molecular flexibility index (Phi) is 5.90. The summed E-state index contributed by atoms with van der Waals surface area (Å²) in [7, 11) is 1.68. The molecule has 0 aliphatic carbocycles. The second-order valence-corrected chi connectivity index (χ2v) is 8.44. The second-order valence-electron chi connectivity index (χ2n) is 8.44. The number of amidine groups is 1. The van der Waals surface area contributed by atoms with E-state index in [0.717, 1.165) is 11.8 Å². The number of rotatable bonds is 6. The van der Waals surface area contributed by atoms with Crippen LogP contribution in [0.4, 0.5) is 11.5 Å². The largest absolute Gasteiger partial charge is 0.508 e. The molecule has 182 valence electrons. The van der Waals surface area contributed by atoms with E-state index >= 15 is 0 Å². The van der Waals surface area contributed by atoms with Crippen LogP contribution < -0.4 is 16.0 Å². The van der Waals surface area contributed by atoms with Gasteiger partial charge in [0, 0.05) is 11.8 Å². The van der Waals surface area contributed by atoms with Crippen LogP contribution in [-0.2, 0) is 11.3 Å². The fourth-order valence-electron chi connectivity index (χ4n) is 4.46. The molecule has 0 saturated carbocycles. The van der Waals surface area contributed by atoms with Crippen molar-refractivity contribution in [1.82, 2.24) is 25.1 Å². The van der Waals surface area contributed by atoms with E-state index in [-0.39, 0.29) is 24.0 Å². The minimum Gasteiger partial charge on any atom is -0.508 e. The molecule has 11 nitrogen and oxygen atoms in total. The zero-order valence-corrected chi connectivity index (χ0v) is 19.8. The van der Waals surface area contributed by atoms with Crippen molar-refractivity contribution in [3.05, 3.63) is 60.4 Å². The van der Waals surface area contributed by atoms with Crippen LogP contribution >= 0.6 is 0 Å². The van der Waals surface area contributed by atoms with E-state index in [1.54, 1.807) is 34.8 Å². The van der Waals surface area contributed by atoms with Gasteiger partial charge in [0.05, 0.1) is 11.1 Å². The summed E-state index contributed by atoms with van der Waals surface area (Å²) in [6.45, 7) is 2.02. The van der Waals surface area contributed by atoms with Crippen molar-refractivity contribution in [2.24, 2.45) is 4.99 Å². The summed E-state index contributed by atoms with van der Waals surface area (Å²) in [6.07, 6.45) is 2.51. The molecular formula is C25H25N9O2. The molecule has 2 unspecified atom stereocenters. The normalized spacial score (nSPS) is 17.9. The molecule has 3 heterocycles. The third-order valence-electron chi connectivity index (χ3n) is 6.19. The van der Waals surface area contributed by atoms with Gasteiger partial charge in [0.2, 0.25) is 0 Å². The maximum Gasteiger partial charge on any atom is 0.252 e. The molecule has 4 aromatic rings. The van der Waals surface area contributed by atoms with Gasteiger partial charge in [-0.2, -0.15) is 5.10 Å². The number of carbonyl (C=O) groups excluding carboxylic acids is 1. The van der Waals surface area contributed by atoms with E-state index in [2.05, 4.69) is 15.3 Å². The molecule has 5 N–H and O–H groups in total. The number of phenolic OH excluding ortho intramolecular Hbond substituents is 1. The minimum atomic E-state index is -0.680. The zero-order valence-electron chi connectivity index (χ0n) is 19.8. The molecule has 11 heteroatoms. The summed E-state index contributed by atoms with van der Waals surface area (Å²) in [5.41, 5.74) is 9.42. The summed E-state index contributed by atoms with van der Waals surface area (Å²) in [5, 5.41) is 26.2. The van der Waals surface area contributed by atoms with E-state index in [0.29, 0.717) is 33.8 Å². The first-order chi connectivity index (χ1) is 17.4. The van der Waals surface area contributed by atoms with Crippen LogP contribution in [-0.4, -0.2) is 61.9 Å². The SMILES string of the molecule is CNC1C(=O)N(c2ccccc2C)C(Cn2nc(-c3cccc(O)c3)c3c(N)ncnc32)=NC1C=N. The number of carbonyl (C=O) groups is 1. The Morgan fingerprint density at radius 1 is 1.19 bits per heavy atom. The number of aryl methyl sites for hydroxylation is 1. The lowest BCUT2D eigenvalue weighted by atomic mass is 10.0. The molecule has 2 aromatic heterocycles. The van der Waals surface area contributed by atoms with Gasteiger partial charge in [-0.25, -0.2) is 14.6 Å². The van der Waals surface area contributed by atoms with E-state index < -0.39 is 12.1 Å². The topological polar surface area (TPSA) is 158 Å². The van der Waals surface area contributed by atoms with Gasteiger partial charge in [-0.3, -0.25) is 14.7 Å². The lowest BCUT2D eigenvalue weighted by Gasteiger charge is -2.35. The highest BCUT2D eigenvalue weighted by Gasteiger charge is 2.38. The molecule has 1 aliphatic heterocycles. The Balaban J connectivity index is 1.68. The van der Waals surface area contributed by atoms with Gasteiger partial charge in [0.1, 0.15) is 48.1 Å². The summed E-state index contributed by atoms with van der Waals surface area (Å²) in [5.74, 6) is 0.530. The molecule has 36 heavy (non-hydrogen) atoms. The van der Waals surface area contributed by atoms with Gasteiger partial charge < -0.3 is 21.6 Å². The number of aliphatic imine (C=N–C) groups is 1. The Labute approximate surface area is 206 Å². The summed E-state index contributed by atoms with van der Waals surface area (Å²) >= 11 is 0. The summed E-state index contributed by atoms with van der Waals surface area (Å²) in [6, 6.07) is 12.9. The molecule has 2 aromatic carbocycles. The van der Waals surface area contributed by atoms with Gasteiger partial charge in [-0.1, -0.05) is 30.3 Å². The number of nitrogens with zero attached hydrogens (tertiary/aromatic N) is 6. The highest BCUT2D eigenvalue weighted by atomic mass is 16.3. The average molecular weight is 484 g/mol. The number of para-hydroxylation sites is 1. The van der Waals surface area contributed by atoms with Crippen molar-refractivity contribution in [1.29, 1.82) is 5.41 Å². The Bertz CT molecular complexity index is 1510. The van der Waals surface area contributed by atoms with Crippen LogP contribution in [0.1, 0.15) is 5.56 Å². The molecule has 1 amide bonds. The number of nitrogen functional groups attached to an aromatic ring is 1. The van der Waals surface area contributed by atoms with Crippen molar-refractivity contribution < 1.29 is 9.90 Å². The maximum atomic E-state index is 13.6. The predicted octanol–water partition coefficient (Wildman–Crippen LogP) is 2.14. The smallest absolute Gasteiger partial charge is 0.252 e. The monoisotopic (exact) mass is 483 g/mol. The Hall–Kier alpha value is -4.64. The first-order valence-corrected chi connectivity index (χ1v) is 11.3. The lowest BCUT2D eigenvalue weighted by Crippen LogP contribution is -2.58. The number of benzene rings is 2. The van der Waals surface area contributed by atoms with Gasteiger partial charge in [0.15, 0.2) is 5.65 Å². The van der Waals surface area contributed by atoms with Crippen molar-refractivity contribution in [3.63, 3.8) is 0 Å². The fraction of sp³-hybridized carbons (Fsp3) is 0.200. The van der Waals surface area contributed by atoms with Crippen LogP contribution in [0.3, 0.4) is 0 Å². The average Bonchev–Trinajstić information content (AvgIpc) is 3.24. The molecule has 1 aliphatic rings. The number of fused-ring (bicyclic) bond motifs is 1. The number of nitrogens with two attached hydrogens (primary N) is 1. The second kappa shape index (κ2) is 9.19. The first kappa shape index (κ1) is 23.1. The first-order valence-electron chi connectivity index (χ1n) is 11.3. The molecule has 0 radical (unpaired) electrons. The van der Waals surface area contributed by atoms with Crippen molar-refractivity contribution in [3.8, 4) is 17.0 Å². The van der Waals surface area contributed by atoms with Crippen molar-refractivity contribution in [2.45, 2.75) is 25.6 Å². The number of nitrogens with one attached hydrogen (secondary N) is 2. The lowest BCUT2D eigenvalue weighted by molar-refractivity contribution is -0.120. The molecule has 5 rings (SSSR count). The molecular weight excluding hydrogens is 458 g/mol. The van der Waals surface area contributed by atoms with Crippen LogP contribution in [0.15, 0.2) is 59.9 Å². The van der Waals surface area contributed by atoms with Gasteiger partial charge >= 0.3 is 0 Å². The van der Waals surface area contributed by atoms with E-state index in [9.17, 15) is 9.90 Å². The van der Waals surface area contributed by atoms with Gasteiger partial charge in [0.25, 0.3) is 5.91 Å². The number of phenols is 1. The number of hydrogen-bond donors (Lipinski definition) is 4. The third kappa shape index (κ3) is 3.85. The predicted molar refractivity (Wildman–Crippen MR) is 138 cm³/mol. The van der Waals surface area contributed by atoms with Crippen LogP contribution in [0.2, 0.25) is 0 Å². The summed E-state index contributed by atoms with van der Waals surface area (Å²) < 4.78 is 1.62. The zero-order chi connectivity index (χ0) is 25.4. The number of aromatic nitrogens is 4. The fourth-order valence-corrected chi connectivity index (χ4v) is 4.46. The molecule has 2 atom stereocenters. The standard InChI is InChI=1S/C25H25N9O2/c1-14-6-3-4-9-18(14)34-19(31-17(11-26)22(28-2)25(34)36)12-33-24-20(23(27)29-13-30-24)21(32-33)15-7-5-8-16(35)10-15/h3-11,13,17,22,26,28,35H,12H2,1-2H3,(H2,27,29,30). The molecule has 0 spiro atoms. The van der Waals surface area contributed by atoms with Crippen LogP contribution in [0, 0.1) is 12.3 Å². The van der Waals surface area contributed by atoms with E-state index in [1.165, 1.54) is 6.33 Å². The number of amides is 1. The van der Waals surface area contributed by atoms with Crippen molar-refractivity contribution >= 4 is 40.5 Å². The Morgan fingerprint density at radius 3 is 2.72 bits per heavy atom. The Morgan fingerprint density at radius 2 is 2.00 bits per heavy atom. The number of anilines is 2. The van der Waals surface area contributed by atoms with Crippen LogP contribution in [0.25, 0.3) is 22.3 Å².